The van der Waals surface area contributed by atoms with Crippen LogP contribution < -0.4 is 0 Å². The Bertz CT molecular complexity index is 57.4. The van der Waals surface area contributed by atoms with Crippen LogP contribution in [0.15, 0.2) is 12.2 Å². The second-order valence-corrected chi connectivity index (χ2v) is 2.65. The van der Waals surface area contributed by atoms with E-state index in [4.69, 9.17) is 0 Å². The largest absolute Gasteiger partial charge is 0.0878 e. The maximum absolute atomic E-state index is 2.35. The van der Waals surface area contributed by atoms with Gasteiger partial charge in [-0.2, -0.15) is 0 Å². The fourth-order valence-corrected chi connectivity index (χ4v) is 0.862. The van der Waals surface area contributed by atoms with Crippen LogP contribution in [-0.2, 0) is 0 Å². The van der Waals surface area contributed by atoms with E-state index >= 15 is 0 Å². The van der Waals surface area contributed by atoms with Crippen LogP contribution in [0.2, 0.25) is 0 Å². The summed E-state index contributed by atoms with van der Waals surface area (Å²) in [6.07, 6.45) is 8.39. The Morgan fingerprint density at radius 3 is 2.62 bits per heavy atom. The summed E-state index contributed by atoms with van der Waals surface area (Å²) in [4.78, 5) is 0. The molecule has 0 aromatic rings. The van der Waals surface area contributed by atoms with Gasteiger partial charge in [0.1, 0.15) is 0 Å². The molecule has 0 spiro atoms. The first-order valence-corrected chi connectivity index (χ1v) is 4.65. The molecule has 0 aliphatic heterocycles. The van der Waals surface area contributed by atoms with Gasteiger partial charge >= 0.3 is 0 Å². The second-order valence-electron chi connectivity index (χ2n) is 1.77. The number of allylic oxidation sites excluding steroid dienone is 2. The van der Waals surface area contributed by atoms with Crippen LogP contribution in [0.1, 0.15) is 26.2 Å². The number of halogens is 1. The highest BCUT2D eigenvalue weighted by atomic mass is 127. The first kappa shape index (κ1) is 8.47. The number of hydrogen-bond donors (Lipinski definition) is 0. The quantitative estimate of drug-likeness (QED) is 0.298. The summed E-state index contributed by atoms with van der Waals surface area (Å²) in [5.41, 5.74) is 0. The van der Waals surface area contributed by atoms with Crippen molar-refractivity contribution in [3.05, 3.63) is 12.2 Å². The van der Waals surface area contributed by atoms with E-state index in [1.165, 1.54) is 19.3 Å². The van der Waals surface area contributed by atoms with Gasteiger partial charge in [-0.25, -0.2) is 0 Å². The monoisotopic (exact) mass is 224 g/mol. The summed E-state index contributed by atoms with van der Waals surface area (Å²) in [5, 5.41) is 0. The molecule has 0 nitrogen and oxygen atoms in total. The van der Waals surface area contributed by atoms with Crippen LogP contribution in [0.5, 0.6) is 0 Å². The third kappa shape index (κ3) is 6.47. The molecule has 0 N–H and O–H groups in total. The summed E-state index contributed by atoms with van der Waals surface area (Å²) in [6.45, 7) is 2.22. The molecule has 0 rings (SSSR count). The van der Waals surface area contributed by atoms with Crippen molar-refractivity contribution in [2.45, 2.75) is 26.2 Å². The normalized spacial score (nSPS) is 10.8. The lowest BCUT2D eigenvalue weighted by atomic mass is 10.2. The van der Waals surface area contributed by atoms with E-state index in [0.717, 1.165) is 4.43 Å². The third-order valence-corrected chi connectivity index (χ3v) is 1.49. The maximum atomic E-state index is 2.35. The van der Waals surface area contributed by atoms with Gasteiger partial charge in [0.25, 0.3) is 0 Å². The number of hydrogen-bond acceptors (Lipinski definition) is 0. The van der Waals surface area contributed by atoms with Gasteiger partial charge in [-0.1, -0.05) is 54.5 Å². The lowest BCUT2D eigenvalue weighted by Gasteiger charge is -1.85. The van der Waals surface area contributed by atoms with Crippen molar-refractivity contribution in [3.63, 3.8) is 0 Å². The molecular formula is C7H13I. The molecule has 1 heteroatoms. The fourth-order valence-electron chi connectivity index (χ4n) is 0.503. The molecule has 0 bridgehead atoms. The Kier molecular flexibility index (Phi) is 7.91. The highest BCUT2D eigenvalue weighted by Crippen LogP contribution is 1.95. The molecule has 8 heavy (non-hydrogen) atoms. The van der Waals surface area contributed by atoms with Gasteiger partial charge in [0.15, 0.2) is 0 Å². The van der Waals surface area contributed by atoms with Crippen molar-refractivity contribution < 1.29 is 0 Å². The molecule has 0 saturated carbocycles. The molecular weight excluding hydrogens is 211 g/mol. The van der Waals surface area contributed by atoms with Crippen LogP contribution in [-0.4, -0.2) is 4.43 Å². The Hall–Kier alpha value is 0.470. The molecule has 0 radical (unpaired) electrons. The van der Waals surface area contributed by atoms with E-state index in [-0.39, 0.29) is 0 Å². The highest BCUT2D eigenvalue weighted by molar-refractivity contribution is 14.1. The van der Waals surface area contributed by atoms with Crippen molar-refractivity contribution in [1.29, 1.82) is 0 Å². The minimum absolute atomic E-state index is 1.15. The summed E-state index contributed by atoms with van der Waals surface area (Å²) in [5.74, 6) is 0. The molecule has 0 aromatic heterocycles. The minimum atomic E-state index is 1.15. The smallest absolute Gasteiger partial charge is 0.0175 e. The summed E-state index contributed by atoms with van der Waals surface area (Å²) in [7, 11) is 0. The van der Waals surface area contributed by atoms with Gasteiger partial charge in [0.05, 0.1) is 0 Å². The van der Waals surface area contributed by atoms with Crippen LogP contribution in [0.3, 0.4) is 0 Å². The van der Waals surface area contributed by atoms with Gasteiger partial charge in [-0.15, -0.1) is 0 Å². The van der Waals surface area contributed by atoms with Crippen molar-refractivity contribution in [3.8, 4) is 0 Å². The lowest BCUT2D eigenvalue weighted by Crippen LogP contribution is -1.66. The molecule has 0 amide bonds. The van der Waals surface area contributed by atoms with E-state index in [9.17, 15) is 0 Å². The molecule has 0 atom stereocenters. The Labute approximate surface area is 65.5 Å². The molecule has 0 heterocycles. The topological polar surface area (TPSA) is 0 Å². The lowest BCUT2D eigenvalue weighted by molar-refractivity contribution is 0.814. The summed E-state index contributed by atoms with van der Waals surface area (Å²) >= 11 is 2.35. The molecule has 0 aliphatic carbocycles. The Morgan fingerprint density at radius 2 is 2.12 bits per heavy atom. The average Bonchev–Trinajstić information content (AvgIpc) is 1.81. The van der Waals surface area contributed by atoms with Crippen LogP contribution >= 0.6 is 22.6 Å². The fraction of sp³-hybridized carbons (Fsp3) is 0.714. The summed E-state index contributed by atoms with van der Waals surface area (Å²) < 4.78 is 1.15. The molecule has 0 aliphatic rings. The third-order valence-electron chi connectivity index (χ3n) is 0.980. The molecule has 0 aromatic carbocycles. The maximum Gasteiger partial charge on any atom is 0.0175 e. The van der Waals surface area contributed by atoms with Crippen LogP contribution in [0.4, 0.5) is 0 Å². The van der Waals surface area contributed by atoms with E-state index < -0.39 is 0 Å². The molecule has 0 fully saturated rings. The van der Waals surface area contributed by atoms with Gasteiger partial charge in [-0.3, -0.25) is 0 Å². The standard InChI is InChI=1S/C7H13I/c1-2-3-4-5-6-7-8/h5-6H,2-4,7H2,1H3. The highest BCUT2D eigenvalue weighted by Gasteiger charge is 1.74. The zero-order valence-electron chi connectivity index (χ0n) is 5.36. The first-order chi connectivity index (χ1) is 3.91. The molecule has 0 unspecified atom stereocenters. The molecule has 0 saturated heterocycles. The van der Waals surface area contributed by atoms with Crippen LogP contribution in [0, 0.1) is 0 Å². The summed E-state index contributed by atoms with van der Waals surface area (Å²) in [6, 6.07) is 0. The van der Waals surface area contributed by atoms with E-state index in [1.807, 2.05) is 0 Å². The van der Waals surface area contributed by atoms with Crippen molar-refractivity contribution in [2.24, 2.45) is 0 Å². The Balaban J connectivity index is 2.80. The number of unbranched alkanes of at least 4 members (excludes halogenated alkanes) is 2. The van der Waals surface area contributed by atoms with Crippen molar-refractivity contribution >= 4 is 22.6 Å². The zero-order chi connectivity index (χ0) is 6.24. The van der Waals surface area contributed by atoms with Gasteiger partial charge in [0, 0.05) is 4.43 Å². The Morgan fingerprint density at radius 1 is 1.38 bits per heavy atom. The van der Waals surface area contributed by atoms with E-state index in [2.05, 4.69) is 41.7 Å². The van der Waals surface area contributed by atoms with Gasteiger partial charge in [-0.05, 0) is 6.42 Å². The average molecular weight is 224 g/mol. The molecule has 48 valence electrons. The number of alkyl halides is 1. The first-order valence-electron chi connectivity index (χ1n) is 3.12. The predicted molar refractivity (Wildman–Crippen MR) is 47.6 cm³/mol. The second kappa shape index (κ2) is 7.47. The predicted octanol–water partition coefficient (Wildman–Crippen LogP) is 3.17. The van der Waals surface area contributed by atoms with Gasteiger partial charge < -0.3 is 0 Å². The zero-order valence-corrected chi connectivity index (χ0v) is 7.52. The minimum Gasteiger partial charge on any atom is -0.0878 e. The van der Waals surface area contributed by atoms with E-state index in [0.29, 0.717) is 0 Å². The number of rotatable bonds is 4. The van der Waals surface area contributed by atoms with E-state index in [1.54, 1.807) is 0 Å². The van der Waals surface area contributed by atoms with Gasteiger partial charge in [0.2, 0.25) is 0 Å². The van der Waals surface area contributed by atoms with Crippen molar-refractivity contribution in [1.82, 2.24) is 0 Å². The van der Waals surface area contributed by atoms with Crippen molar-refractivity contribution in [2.75, 3.05) is 4.43 Å². The van der Waals surface area contributed by atoms with Crippen LogP contribution in [0.25, 0.3) is 0 Å². The SMILES string of the molecule is CCCCC=CCI.